The first-order valence-electron chi connectivity index (χ1n) is 9.06. The third-order valence-corrected chi connectivity index (χ3v) is 5.56. The SMILES string of the molecule is CN(Cc1cc(=O)[nH]c2ccccc12)C(=O)CN1C(=O)SC(=Cc2ccco2)C1=O. The van der Waals surface area contributed by atoms with Gasteiger partial charge in [0.2, 0.25) is 11.5 Å². The van der Waals surface area contributed by atoms with Crippen LogP contribution in [-0.4, -0.2) is 45.4 Å². The minimum Gasteiger partial charge on any atom is -0.465 e. The number of furan rings is 1. The topological polar surface area (TPSA) is 104 Å². The van der Waals surface area contributed by atoms with Gasteiger partial charge < -0.3 is 14.3 Å². The minimum absolute atomic E-state index is 0.168. The van der Waals surface area contributed by atoms with Crippen LogP contribution in [0.2, 0.25) is 0 Å². The van der Waals surface area contributed by atoms with Crippen LogP contribution in [0.5, 0.6) is 0 Å². The molecule has 9 heteroatoms. The van der Waals surface area contributed by atoms with E-state index in [1.807, 2.05) is 18.2 Å². The van der Waals surface area contributed by atoms with Crippen LogP contribution >= 0.6 is 11.8 Å². The molecule has 30 heavy (non-hydrogen) atoms. The van der Waals surface area contributed by atoms with E-state index in [0.717, 1.165) is 22.0 Å². The highest BCUT2D eigenvalue weighted by Crippen LogP contribution is 2.32. The van der Waals surface area contributed by atoms with Gasteiger partial charge in [-0.1, -0.05) is 18.2 Å². The maximum Gasteiger partial charge on any atom is 0.294 e. The summed E-state index contributed by atoms with van der Waals surface area (Å²) in [6, 6.07) is 12.1. The molecule has 3 aromatic rings. The highest BCUT2D eigenvalue weighted by Gasteiger charge is 2.37. The smallest absolute Gasteiger partial charge is 0.294 e. The van der Waals surface area contributed by atoms with E-state index >= 15 is 0 Å². The zero-order chi connectivity index (χ0) is 21.3. The molecule has 1 N–H and O–H groups in total. The van der Waals surface area contributed by atoms with E-state index in [9.17, 15) is 19.2 Å². The molecule has 0 spiro atoms. The molecule has 3 heterocycles. The van der Waals surface area contributed by atoms with Gasteiger partial charge in [0.05, 0.1) is 11.2 Å². The lowest BCUT2D eigenvalue weighted by molar-refractivity contribution is -0.135. The Morgan fingerprint density at radius 1 is 1.20 bits per heavy atom. The number of nitrogens with zero attached hydrogens (tertiary/aromatic N) is 2. The zero-order valence-corrected chi connectivity index (χ0v) is 16.8. The van der Waals surface area contributed by atoms with Crippen LogP contribution in [0.4, 0.5) is 4.79 Å². The summed E-state index contributed by atoms with van der Waals surface area (Å²) < 4.78 is 5.17. The van der Waals surface area contributed by atoms with Gasteiger partial charge in [-0.05, 0) is 35.5 Å². The van der Waals surface area contributed by atoms with E-state index in [-0.39, 0.29) is 23.6 Å². The predicted octanol–water partition coefficient (Wildman–Crippen LogP) is 2.82. The molecule has 0 radical (unpaired) electrons. The molecule has 152 valence electrons. The van der Waals surface area contributed by atoms with Crippen LogP contribution in [0.3, 0.4) is 0 Å². The zero-order valence-electron chi connectivity index (χ0n) is 16.0. The number of thioether (sulfide) groups is 1. The van der Waals surface area contributed by atoms with E-state index in [2.05, 4.69) is 4.98 Å². The Morgan fingerprint density at radius 3 is 2.77 bits per heavy atom. The van der Waals surface area contributed by atoms with Gasteiger partial charge in [0, 0.05) is 36.6 Å². The number of aromatic nitrogens is 1. The van der Waals surface area contributed by atoms with Gasteiger partial charge in [-0.25, -0.2) is 0 Å². The van der Waals surface area contributed by atoms with Crippen molar-refractivity contribution in [2.45, 2.75) is 6.54 Å². The fraction of sp³-hybridized carbons (Fsp3) is 0.143. The summed E-state index contributed by atoms with van der Waals surface area (Å²) in [6.07, 6.45) is 2.94. The van der Waals surface area contributed by atoms with Crippen molar-refractivity contribution in [3.63, 3.8) is 0 Å². The molecule has 1 aliphatic rings. The first kappa shape index (κ1) is 19.7. The summed E-state index contributed by atoms with van der Waals surface area (Å²) >= 11 is 0.764. The number of pyridine rings is 1. The second kappa shape index (κ2) is 8.03. The fourth-order valence-electron chi connectivity index (χ4n) is 3.15. The number of nitrogens with one attached hydrogen (secondary N) is 1. The van der Waals surface area contributed by atoms with Crippen molar-refractivity contribution >= 4 is 45.8 Å². The third-order valence-electron chi connectivity index (χ3n) is 4.65. The number of rotatable bonds is 5. The number of likely N-dealkylation sites (N-methyl/N-ethyl adjacent to an activating group) is 1. The molecule has 0 atom stereocenters. The predicted molar refractivity (Wildman–Crippen MR) is 112 cm³/mol. The molecule has 1 saturated heterocycles. The Hall–Kier alpha value is -3.59. The molecule has 1 aromatic carbocycles. The average Bonchev–Trinajstić information content (AvgIpc) is 3.32. The van der Waals surface area contributed by atoms with Crippen molar-refractivity contribution in [3.05, 3.63) is 75.3 Å². The number of imide groups is 1. The van der Waals surface area contributed by atoms with Gasteiger partial charge in [-0.3, -0.25) is 24.1 Å². The molecular weight excluding hydrogens is 406 g/mol. The van der Waals surface area contributed by atoms with Gasteiger partial charge in [-0.15, -0.1) is 0 Å². The van der Waals surface area contributed by atoms with E-state index in [4.69, 9.17) is 4.42 Å². The Bertz CT molecular complexity index is 1230. The van der Waals surface area contributed by atoms with Crippen LogP contribution in [0.1, 0.15) is 11.3 Å². The van der Waals surface area contributed by atoms with E-state index in [1.54, 1.807) is 25.2 Å². The average molecular weight is 423 g/mol. The molecule has 0 aliphatic carbocycles. The monoisotopic (exact) mass is 423 g/mol. The second-order valence-electron chi connectivity index (χ2n) is 6.74. The Labute approximate surface area is 175 Å². The molecule has 8 nitrogen and oxygen atoms in total. The summed E-state index contributed by atoms with van der Waals surface area (Å²) in [6.45, 7) is -0.209. The lowest BCUT2D eigenvalue weighted by Crippen LogP contribution is -2.40. The summed E-state index contributed by atoms with van der Waals surface area (Å²) in [7, 11) is 1.57. The summed E-state index contributed by atoms with van der Waals surface area (Å²) in [5.74, 6) is -0.504. The van der Waals surface area contributed by atoms with Gasteiger partial charge in [-0.2, -0.15) is 0 Å². The number of benzene rings is 1. The first-order chi connectivity index (χ1) is 14.4. The van der Waals surface area contributed by atoms with E-state index in [0.29, 0.717) is 16.8 Å². The van der Waals surface area contributed by atoms with Crippen LogP contribution in [0, 0.1) is 0 Å². The lowest BCUT2D eigenvalue weighted by atomic mass is 10.1. The maximum atomic E-state index is 12.7. The minimum atomic E-state index is -0.537. The van der Waals surface area contributed by atoms with Crippen LogP contribution in [0.15, 0.2) is 62.8 Å². The standard InChI is InChI=1S/C21H17N3O5S/c1-23(11-13-9-18(25)22-16-7-3-2-6-15(13)16)19(26)12-24-20(27)17(30-21(24)28)10-14-5-4-8-29-14/h2-10H,11-12H2,1H3,(H,22,25). The Balaban J connectivity index is 1.48. The fourth-order valence-corrected chi connectivity index (χ4v) is 3.96. The highest BCUT2D eigenvalue weighted by molar-refractivity contribution is 8.18. The molecule has 0 saturated carbocycles. The van der Waals surface area contributed by atoms with Crippen LogP contribution in [0.25, 0.3) is 17.0 Å². The van der Waals surface area contributed by atoms with Gasteiger partial charge in [0.25, 0.3) is 11.1 Å². The molecular formula is C21H17N3O5S. The maximum absolute atomic E-state index is 12.7. The number of carbonyl (C=O) groups is 3. The largest absolute Gasteiger partial charge is 0.465 e. The van der Waals surface area contributed by atoms with Crippen molar-refractivity contribution in [1.29, 1.82) is 0 Å². The number of amides is 3. The summed E-state index contributed by atoms with van der Waals surface area (Å²) in [4.78, 5) is 54.6. The Morgan fingerprint density at radius 2 is 2.00 bits per heavy atom. The molecule has 3 amide bonds. The molecule has 1 fully saturated rings. The molecule has 2 aromatic heterocycles. The summed E-state index contributed by atoms with van der Waals surface area (Å²) in [5.41, 5.74) is 1.09. The number of aromatic amines is 1. The van der Waals surface area contributed by atoms with Gasteiger partial charge in [0.15, 0.2) is 0 Å². The highest BCUT2D eigenvalue weighted by atomic mass is 32.2. The van der Waals surface area contributed by atoms with E-state index in [1.165, 1.54) is 23.3 Å². The van der Waals surface area contributed by atoms with Crippen molar-refractivity contribution in [1.82, 2.24) is 14.8 Å². The Kier molecular flexibility index (Phi) is 5.28. The quantitative estimate of drug-likeness (QED) is 0.633. The van der Waals surface area contributed by atoms with Crippen LogP contribution < -0.4 is 5.56 Å². The number of para-hydroxylation sites is 1. The normalized spacial score (nSPS) is 15.4. The number of H-pyrrole nitrogens is 1. The van der Waals surface area contributed by atoms with Crippen molar-refractivity contribution in [2.75, 3.05) is 13.6 Å². The van der Waals surface area contributed by atoms with Crippen molar-refractivity contribution < 1.29 is 18.8 Å². The molecule has 0 bridgehead atoms. The molecule has 4 rings (SSSR count). The number of fused-ring (bicyclic) bond motifs is 1. The van der Waals surface area contributed by atoms with Gasteiger partial charge in [0.1, 0.15) is 12.3 Å². The van der Waals surface area contributed by atoms with Crippen molar-refractivity contribution in [2.24, 2.45) is 0 Å². The molecule has 0 unspecified atom stereocenters. The third kappa shape index (κ3) is 3.92. The van der Waals surface area contributed by atoms with Gasteiger partial charge >= 0.3 is 0 Å². The first-order valence-corrected chi connectivity index (χ1v) is 9.88. The second-order valence-corrected chi connectivity index (χ2v) is 7.73. The lowest BCUT2D eigenvalue weighted by Gasteiger charge is -2.21. The van der Waals surface area contributed by atoms with Crippen molar-refractivity contribution in [3.8, 4) is 0 Å². The number of hydrogen-bond donors (Lipinski definition) is 1. The number of hydrogen-bond acceptors (Lipinski definition) is 6. The number of carbonyl (C=O) groups excluding carboxylic acids is 3. The van der Waals surface area contributed by atoms with Crippen LogP contribution in [-0.2, 0) is 16.1 Å². The van der Waals surface area contributed by atoms with E-state index < -0.39 is 17.1 Å². The molecule has 1 aliphatic heterocycles. The summed E-state index contributed by atoms with van der Waals surface area (Å²) in [5, 5.41) is 0.311.